The van der Waals surface area contributed by atoms with Crippen molar-refractivity contribution < 1.29 is 0 Å². The summed E-state index contributed by atoms with van der Waals surface area (Å²) in [6.07, 6.45) is 5.71. The van der Waals surface area contributed by atoms with E-state index in [9.17, 15) is 0 Å². The van der Waals surface area contributed by atoms with Gasteiger partial charge in [0, 0.05) is 50.7 Å². The smallest absolute Gasteiger partial charge is 0.138 e. The summed E-state index contributed by atoms with van der Waals surface area (Å²) in [4.78, 5) is 15.0. The number of rotatable bonds is 6. The lowest BCUT2D eigenvalue weighted by Crippen LogP contribution is -2.49. The molecule has 0 amide bonds. The van der Waals surface area contributed by atoms with Gasteiger partial charge in [0.05, 0.1) is 17.4 Å². The summed E-state index contributed by atoms with van der Waals surface area (Å²) < 4.78 is 2.27. The Labute approximate surface area is 198 Å². The van der Waals surface area contributed by atoms with Gasteiger partial charge in [-0.1, -0.05) is 26.0 Å². The quantitative estimate of drug-likeness (QED) is 0.602. The molecule has 1 saturated heterocycles. The molecule has 1 unspecified atom stereocenters. The molecule has 0 saturated carbocycles. The van der Waals surface area contributed by atoms with Crippen LogP contribution in [-0.4, -0.2) is 51.5 Å². The molecule has 6 nitrogen and oxygen atoms in total. The van der Waals surface area contributed by atoms with Gasteiger partial charge in [-0.25, -0.2) is 4.98 Å². The molecule has 176 valence electrons. The molecule has 5 rings (SSSR count). The van der Waals surface area contributed by atoms with Crippen LogP contribution >= 0.6 is 0 Å². The van der Waals surface area contributed by atoms with Crippen molar-refractivity contribution >= 4 is 11.5 Å². The van der Waals surface area contributed by atoms with E-state index in [0.717, 1.165) is 56.9 Å². The average molecular weight is 447 g/mol. The minimum atomic E-state index is 0.306. The van der Waals surface area contributed by atoms with Crippen LogP contribution in [0.4, 0.5) is 5.82 Å². The maximum atomic E-state index is 5.04. The zero-order valence-corrected chi connectivity index (χ0v) is 20.6. The van der Waals surface area contributed by atoms with E-state index in [1.807, 2.05) is 0 Å². The van der Waals surface area contributed by atoms with Crippen LogP contribution in [-0.2, 0) is 13.0 Å². The van der Waals surface area contributed by atoms with E-state index in [2.05, 4.69) is 83.7 Å². The zero-order valence-electron chi connectivity index (χ0n) is 20.6. The number of hydrogen-bond acceptors (Lipinski definition) is 5. The summed E-state index contributed by atoms with van der Waals surface area (Å²) in [6.45, 7) is 14.1. The highest BCUT2D eigenvalue weighted by molar-refractivity contribution is 5.53. The van der Waals surface area contributed by atoms with E-state index >= 15 is 0 Å². The molecule has 0 bridgehead atoms. The molecule has 1 aliphatic heterocycles. The first-order valence-corrected chi connectivity index (χ1v) is 12.7. The maximum Gasteiger partial charge on any atom is 0.138 e. The van der Waals surface area contributed by atoms with Crippen LogP contribution < -0.4 is 10.2 Å². The first-order valence-electron chi connectivity index (χ1n) is 12.7. The lowest BCUT2D eigenvalue weighted by atomic mass is 9.91. The number of nitrogens with one attached hydrogen (secondary N) is 1. The summed E-state index contributed by atoms with van der Waals surface area (Å²) in [5.41, 5.74) is 5.97. The number of hydrogen-bond donors (Lipinski definition) is 1. The molecule has 3 aromatic rings. The van der Waals surface area contributed by atoms with E-state index in [0.29, 0.717) is 18.0 Å². The molecule has 0 radical (unpaired) electrons. The maximum absolute atomic E-state index is 5.04. The molecule has 1 atom stereocenters. The third kappa shape index (κ3) is 4.64. The minimum absolute atomic E-state index is 0.306. The van der Waals surface area contributed by atoms with Crippen molar-refractivity contribution in [3.63, 3.8) is 0 Å². The highest BCUT2D eigenvalue weighted by Crippen LogP contribution is 2.30. The van der Waals surface area contributed by atoms with Crippen LogP contribution in [0.3, 0.4) is 0 Å². The first kappa shape index (κ1) is 22.4. The van der Waals surface area contributed by atoms with Crippen LogP contribution in [0.2, 0.25) is 0 Å². The van der Waals surface area contributed by atoms with Crippen molar-refractivity contribution in [1.29, 1.82) is 0 Å². The normalized spacial score (nSPS) is 19.6. The number of fused-ring (bicyclic) bond motifs is 2. The molecule has 4 heterocycles. The third-order valence-electron chi connectivity index (χ3n) is 7.31. The van der Waals surface area contributed by atoms with Gasteiger partial charge in [-0.05, 0) is 62.8 Å². The van der Waals surface area contributed by atoms with E-state index in [1.165, 1.54) is 29.2 Å². The Morgan fingerprint density at radius 1 is 1.00 bits per heavy atom. The zero-order chi connectivity index (χ0) is 22.9. The predicted molar refractivity (Wildman–Crippen MR) is 135 cm³/mol. The fraction of sp³-hybridized carbons (Fsp3) is 0.556. The summed E-state index contributed by atoms with van der Waals surface area (Å²) >= 11 is 0. The molecule has 0 spiro atoms. The number of pyridine rings is 2. The van der Waals surface area contributed by atoms with Crippen molar-refractivity contribution in [2.75, 3.05) is 31.1 Å². The second-order valence-corrected chi connectivity index (χ2v) is 10.2. The first-order chi connectivity index (χ1) is 16.0. The Balaban J connectivity index is 1.32. The molecule has 3 aromatic heterocycles. The van der Waals surface area contributed by atoms with E-state index in [4.69, 9.17) is 9.97 Å². The molecule has 1 aliphatic carbocycles. The van der Waals surface area contributed by atoms with Gasteiger partial charge in [-0.15, -0.1) is 0 Å². The van der Waals surface area contributed by atoms with Gasteiger partial charge in [0.1, 0.15) is 11.5 Å². The van der Waals surface area contributed by atoms with Crippen molar-refractivity contribution in [1.82, 2.24) is 24.6 Å². The summed E-state index contributed by atoms with van der Waals surface area (Å²) in [5, 5.41) is 3.78. The predicted octanol–water partition coefficient (Wildman–Crippen LogP) is 4.55. The second-order valence-electron chi connectivity index (χ2n) is 10.2. The monoisotopic (exact) mass is 446 g/mol. The van der Waals surface area contributed by atoms with Gasteiger partial charge in [-0.2, -0.15) is 0 Å². The highest BCUT2D eigenvalue weighted by Gasteiger charge is 2.23. The van der Waals surface area contributed by atoms with Crippen molar-refractivity contribution in [2.24, 2.45) is 0 Å². The van der Waals surface area contributed by atoms with E-state index in [-0.39, 0.29) is 0 Å². The van der Waals surface area contributed by atoms with Gasteiger partial charge >= 0.3 is 0 Å². The number of anilines is 1. The molecule has 1 fully saturated rings. The van der Waals surface area contributed by atoms with E-state index in [1.54, 1.807) is 0 Å². The Hall–Kier alpha value is -2.44. The lowest BCUT2D eigenvalue weighted by molar-refractivity contribution is 0.209. The number of aromatic nitrogens is 3. The second kappa shape index (κ2) is 9.43. The SMILES string of the molecule is CC(C)c1ccc2c(n1)C(NCc1cn3c(N4CCN(C(C)C)CC4)cccc3n1)CCC2. The third-order valence-corrected chi connectivity index (χ3v) is 7.31. The average Bonchev–Trinajstić information content (AvgIpc) is 3.25. The standard InChI is InChI=1S/C27H38N6/c1-19(2)23-12-11-21-7-5-8-24(27(21)30-23)28-17-22-18-33-25(29-22)9-6-10-26(33)32-15-13-31(14-16-32)20(3)4/h6,9-12,18-20,24,28H,5,7-8,13-17H2,1-4H3. The molecular weight excluding hydrogens is 408 g/mol. The number of imidazole rings is 1. The summed E-state index contributed by atoms with van der Waals surface area (Å²) in [5.74, 6) is 1.71. The Morgan fingerprint density at radius 3 is 2.58 bits per heavy atom. The lowest BCUT2D eigenvalue weighted by Gasteiger charge is -2.38. The van der Waals surface area contributed by atoms with Crippen molar-refractivity contribution in [2.45, 2.75) is 71.5 Å². The van der Waals surface area contributed by atoms with Crippen molar-refractivity contribution in [3.8, 4) is 0 Å². The van der Waals surface area contributed by atoms with E-state index < -0.39 is 0 Å². The van der Waals surface area contributed by atoms with Crippen molar-refractivity contribution in [3.05, 3.63) is 59.2 Å². The van der Waals surface area contributed by atoms with Gasteiger partial charge in [-0.3, -0.25) is 14.3 Å². The van der Waals surface area contributed by atoms with Crippen LogP contribution in [0, 0.1) is 0 Å². The minimum Gasteiger partial charge on any atom is -0.355 e. The van der Waals surface area contributed by atoms with Crippen LogP contribution in [0.25, 0.3) is 5.65 Å². The Morgan fingerprint density at radius 2 is 1.82 bits per heavy atom. The van der Waals surface area contributed by atoms with Gasteiger partial charge in [0.15, 0.2) is 0 Å². The molecule has 6 heteroatoms. The Bertz CT molecular complexity index is 1090. The molecular formula is C27H38N6. The number of aryl methyl sites for hydroxylation is 1. The molecule has 1 N–H and O–H groups in total. The van der Waals surface area contributed by atoms with Crippen LogP contribution in [0.1, 0.15) is 75.1 Å². The van der Waals surface area contributed by atoms with Crippen LogP contribution in [0.15, 0.2) is 36.5 Å². The summed E-state index contributed by atoms with van der Waals surface area (Å²) in [6, 6.07) is 11.9. The number of piperazine rings is 1. The Kier molecular flexibility index (Phi) is 6.39. The summed E-state index contributed by atoms with van der Waals surface area (Å²) in [7, 11) is 0. The van der Waals surface area contributed by atoms with Gasteiger partial charge in [0.25, 0.3) is 0 Å². The van der Waals surface area contributed by atoms with Crippen LogP contribution in [0.5, 0.6) is 0 Å². The van der Waals surface area contributed by atoms with Gasteiger partial charge < -0.3 is 10.2 Å². The van der Waals surface area contributed by atoms with Gasteiger partial charge in [0.2, 0.25) is 0 Å². The molecule has 0 aromatic carbocycles. The highest BCUT2D eigenvalue weighted by atomic mass is 15.3. The topological polar surface area (TPSA) is 48.7 Å². The molecule has 2 aliphatic rings. The fourth-order valence-corrected chi connectivity index (χ4v) is 5.27. The molecule has 33 heavy (non-hydrogen) atoms. The largest absolute Gasteiger partial charge is 0.355 e. The number of nitrogens with zero attached hydrogens (tertiary/aromatic N) is 5. The fourth-order valence-electron chi connectivity index (χ4n) is 5.27.